The molecule has 0 spiro atoms. The lowest BCUT2D eigenvalue weighted by molar-refractivity contribution is -0.0229. The quantitative estimate of drug-likeness (QED) is 0.838. The maximum absolute atomic E-state index is 12.6. The summed E-state index contributed by atoms with van der Waals surface area (Å²) >= 11 is 0. The van der Waals surface area contributed by atoms with E-state index in [4.69, 9.17) is 4.74 Å². The summed E-state index contributed by atoms with van der Waals surface area (Å²) in [6, 6.07) is 6.88. The van der Waals surface area contributed by atoms with E-state index in [2.05, 4.69) is 4.98 Å². The normalized spacial score (nSPS) is 18.0. The number of carbonyl (C=O) groups excluding carboxylic acids is 1. The first-order valence-electron chi connectivity index (χ1n) is 7.55. The van der Waals surface area contributed by atoms with Gasteiger partial charge in [-0.05, 0) is 30.7 Å². The van der Waals surface area contributed by atoms with Crippen LogP contribution in [0.1, 0.15) is 27.7 Å². The third-order valence-corrected chi connectivity index (χ3v) is 3.98. The van der Waals surface area contributed by atoms with E-state index >= 15 is 0 Å². The Labute approximate surface area is 134 Å². The summed E-state index contributed by atoms with van der Waals surface area (Å²) in [5, 5.41) is 0. The molecule has 0 aromatic carbocycles. The first kappa shape index (κ1) is 15.4. The molecular formula is C17H19N3O3. The van der Waals surface area contributed by atoms with Crippen LogP contribution in [0, 0.1) is 6.92 Å². The Morgan fingerprint density at radius 3 is 2.91 bits per heavy atom. The third-order valence-electron chi connectivity index (χ3n) is 3.98. The summed E-state index contributed by atoms with van der Waals surface area (Å²) in [6.07, 6.45) is 3.18. The van der Waals surface area contributed by atoms with Crippen LogP contribution in [0.25, 0.3) is 0 Å². The molecule has 2 aromatic heterocycles. The summed E-state index contributed by atoms with van der Waals surface area (Å²) in [6.45, 7) is 3.45. The number of nitrogens with zero attached hydrogens (tertiary/aromatic N) is 3. The molecule has 23 heavy (non-hydrogen) atoms. The smallest absolute Gasteiger partial charge is 0.255 e. The Kier molecular flexibility index (Phi) is 4.25. The number of hydrogen-bond donors (Lipinski definition) is 0. The maximum atomic E-state index is 12.6. The number of rotatable bonds is 2. The fourth-order valence-electron chi connectivity index (χ4n) is 2.71. The van der Waals surface area contributed by atoms with Crippen LogP contribution >= 0.6 is 0 Å². The van der Waals surface area contributed by atoms with Crippen molar-refractivity contribution in [1.82, 2.24) is 14.5 Å². The van der Waals surface area contributed by atoms with Gasteiger partial charge in [0.25, 0.3) is 5.91 Å². The molecule has 0 radical (unpaired) electrons. The van der Waals surface area contributed by atoms with Gasteiger partial charge >= 0.3 is 0 Å². The number of ether oxygens (including phenoxy) is 1. The van der Waals surface area contributed by atoms with Gasteiger partial charge in [0.2, 0.25) is 5.56 Å². The van der Waals surface area contributed by atoms with Gasteiger partial charge in [0.05, 0.1) is 18.7 Å². The second-order valence-corrected chi connectivity index (χ2v) is 5.71. The van der Waals surface area contributed by atoms with Crippen LogP contribution in [-0.2, 0) is 11.8 Å². The highest BCUT2D eigenvalue weighted by molar-refractivity contribution is 5.94. The number of morpholine rings is 1. The van der Waals surface area contributed by atoms with Crippen molar-refractivity contribution in [2.75, 3.05) is 19.7 Å². The molecule has 6 nitrogen and oxygen atoms in total. The van der Waals surface area contributed by atoms with Gasteiger partial charge in [0.1, 0.15) is 6.10 Å². The van der Waals surface area contributed by atoms with Crippen LogP contribution in [-0.4, -0.2) is 40.1 Å². The largest absolute Gasteiger partial charge is 0.370 e. The number of aromatic nitrogens is 2. The lowest BCUT2D eigenvalue weighted by atomic mass is 10.1. The second-order valence-electron chi connectivity index (χ2n) is 5.71. The van der Waals surface area contributed by atoms with E-state index in [0.29, 0.717) is 25.3 Å². The maximum Gasteiger partial charge on any atom is 0.255 e. The van der Waals surface area contributed by atoms with Crippen LogP contribution in [0.3, 0.4) is 0 Å². The van der Waals surface area contributed by atoms with E-state index in [0.717, 1.165) is 11.3 Å². The number of amides is 1. The van der Waals surface area contributed by atoms with Crippen LogP contribution in [0.5, 0.6) is 0 Å². The minimum atomic E-state index is -0.151. The van der Waals surface area contributed by atoms with Gasteiger partial charge in [0.15, 0.2) is 0 Å². The average molecular weight is 313 g/mol. The Hall–Kier alpha value is -2.47. The van der Waals surface area contributed by atoms with Crippen LogP contribution < -0.4 is 5.56 Å². The van der Waals surface area contributed by atoms with Crippen LogP contribution in [0.4, 0.5) is 0 Å². The van der Waals surface area contributed by atoms with Crippen molar-refractivity contribution in [3.8, 4) is 0 Å². The Bertz CT molecular complexity index is 785. The van der Waals surface area contributed by atoms with Crippen molar-refractivity contribution in [2.45, 2.75) is 13.0 Å². The van der Waals surface area contributed by atoms with Gasteiger partial charge in [-0.25, -0.2) is 0 Å². The van der Waals surface area contributed by atoms with Gasteiger partial charge in [-0.3, -0.25) is 14.6 Å². The monoisotopic (exact) mass is 313 g/mol. The van der Waals surface area contributed by atoms with E-state index in [1.54, 1.807) is 30.4 Å². The predicted molar refractivity (Wildman–Crippen MR) is 85.3 cm³/mol. The Morgan fingerprint density at radius 2 is 2.17 bits per heavy atom. The zero-order chi connectivity index (χ0) is 16.4. The van der Waals surface area contributed by atoms with Crippen molar-refractivity contribution in [2.24, 2.45) is 7.05 Å². The summed E-state index contributed by atoms with van der Waals surface area (Å²) in [5.41, 5.74) is 2.33. The van der Waals surface area contributed by atoms with Crippen molar-refractivity contribution >= 4 is 5.91 Å². The molecule has 3 heterocycles. The van der Waals surface area contributed by atoms with Gasteiger partial charge in [-0.1, -0.05) is 0 Å². The topological polar surface area (TPSA) is 64.4 Å². The van der Waals surface area contributed by atoms with E-state index in [1.165, 1.54) is 10.6 Å². The van der Waals surface area contributed by atoms with E-state index in [-0.39, 0.29) is 17.6 Å². The highest BCUT2D eigenvalue weighted by Crippen LogP contribution is 2.23. The Morgan fingerprint density at radius 1 is 1.35 bits per heavy atom. The molecule has 2 aromatic rings. The molecule has 3 rings (SSSR count). The minimum Gasteiger partial charge on any atom is -0.370 e. The lowest BCUT2D eigenvalue weighted by Crippen LogP contribution is -2.42. The lowest BCUT2D eigenvalue weighted by Gasteiger charge is -2.33. The summed E-state index contributed by atoms with van der Waals surface area (Å²) < 4.78 is 7.22. The second kappa shape index (κ2) is 6.34. The third kappa shape index (κ3) is 3.32. The zero-order valence-corrected chi connectivity index (χ0v) is 13.2. The summed E-state index contributed by atoms with van der Waals surface area (Å²) in [7, 11) is 1.64. The highest BCUT2D eigenvalue weighted by atomic mass is 16.5. The van der Waals surface area contributed by atoms with Crippen LogP contribution in [0.15, 0.2) is 41.5 Å². The molecule has 1 fully saturated rings. The molecule has 0 saturated carbocycles. The van der Waals surface area contributed by atoms with Gasteiger partial charge in [0, 0.05) is 37.7 Å². The zero-order valence-electron chi connectivity index (χ0n) is 13.2. The van der Waals surface area contributed by atoms with E-state index in [1.807, 2.05) is 19.1 Å². The molecule has 1 saturated heterocycles. The van der Waals surface area contributed by atoms with Gasteiger partial charge < -0.3 is 14.2 Å². The fraction of sp³-hybridized carbons (Fsp3) is 0.353. The van der Waals surface area contributed by atoms with Crippen LogP contribution in [0.2, 0.25) is 0 Å². The molecule has 0 bridgehead atoms. The molecule has 0 unspecified atom stereocenters. The molecule has 1 aliphatic heterocycles. The molecule has 0 aliphatic carbocycles. The average Bonchev–Trinajstić information content (AvgIpc) is 2.57. The van der Waals surface area contributed by atoms with Crippen molar-refractivity contribution in [3.05, 3.63) is 63.8 Å². The standard InChI is InChI=1S/C17H19N3O3/c1-12-9-13(5-6-18-12)15-11-20(7-8-23-15)17(22)14-3-4-16(21)19(2)10-14/h3-6,9-10,15H,7-8,11H2,1-2H3/t15-/m0/s1. The van der Waals surface area contributed by atoms with Gasteiger partial charge in [-0.15, -0.1) is 0 Å². The molecule has 120 valence electrons. The molecule has 1 amide bonds. The van der Waals surface area contributed by atoms with E-state index < -0.39 is 0 Å². The number of carbonyl (C=O) groups is 1. The predicted octanol–water partition coefficient (Wildman–Crippen LogP) is 1.30. The molecule has 0 N–H and O–H groups in total. The molecule has 6 heteroatoms. The fourth-order valence-corrected chi connectivity index (χ4v) is 2.71. The summed E-state index contributed by atoms with van der Waals surface area (Å²) in [5.74, 6) is -0.0836. The first-order valence-corrected chi connectivity index (χ1v) is 7.55. The summed E-state index contributed by atoms with van der Waals surface area (Å²) in [4.78, 5) is 30.1. The Balaban J connectivity index is 1.79. The molecular weight excluding hydrogens is 294 g/mol. The van der Waals surface area contributed by atoms with Crippen molar-refractivity contribution < 1.29 is 9.53 Å². The highest BCUT2D eigenvalue weighted by Gasteiger charge is 2.26. The van der Waals surface area contributed by atoms with E-state index in [9.17, 15) is 9.59 Å². The number of pyridine rings is 2. The minimum absolute atomic E-state index is 0.0836. The SMILES string of the molecule is Cc1cc([C@@H]2CN(C(=O)c3ccc(=O)n(C)c3)CCO2)ccn1. The molecule has 1 aliphatic rings. The molecule has 1 atom stereocenters. The number of aryl methyl sites for hydroxylation is 2. The van der Waals surface area contributed by atoms with Crippen molar-refractivity contribution in [1.29, 1.82) is 0 Å². The number of hydrogen-bond acceptors (Lipinski definition) is 4. The van der Waals surface area contributed by atoms with Crippen molar-refractivity contribution in [3.63, 3.8) is 0 Å². The van der Waals surface area contributed by atoms with Gasteiger partial charge in [-0.2, -0.15) is 0 Å². The first-order chi connectivity index (χ1) is 11.0.